The van der Waals surface area contributed by atoms with E-state index in [-0.39, 0.29) is 35.8 Å². The Labute approximate surface area is 139 Å². The highest BCUT2D eigenvalue weighted by Crippen LogP contribution is 2.20. The van der Waals surface area contributed by atoms with E-state index in [0.717, 1.165) is 0 Å². The SMILES string of the molecule is CCOC(=O)C1=C(COc2ccccc2C(N)=O)NC(=O)NC1C. The number of urea groups is 1. The number of carbonyl (C=O) groups excluding carboxylic acids is 3. The lowest BCUT2D eigenvalue weighted by molar-refractivity contribution is -0.139. The first-order chi connectivity index (χ1) is 11.4. The maximum atomic E-state index is 12.1. The van der Waals surface area contributed by atoms with Crippen LogP contribution in [0, 0.1) is 0 Å². The normalized spacial score (nSPS) is 16.9. The lowest BCUT2D eigenvalue weighted by Crippen LogP contribution is -2.50. The van der Waals surface area contributed by atoms with Crippen LogP contribution in [0.1, 0.15) is 24.2 Å². The predicted octanol–water partition coefficient (Wildman–Crippen LogP) is 0.683. The molecule has 0 spiro atoms. The van der Waals surface area contributed by atoms with E-state index in [4.69, 9.17) is 15.2 Å². The number of para-hydroxylation sites is 1. The standard InChI is InChI=1S/C16H19N3O5/c1-3-23-15(21)13-9(2)18-16(22)19-11(13)8-24-12-7-5-4-6-10(12)14(17)20/h4-7,9H,3,8H2,1-2H3,(H2,17,20)(H2,18,19,22). The first kappa shape index (κ1) is 17.3. The minimum atomic E-state index is -0.632. The van der Waals surface area contributed by atoms with Crippen LogP contribution in [0.25, 0.3) is 0 Å². The second-order valence-electron chi connectivity index (χ2n) is 5.08. The Morgan fingerprint density at radius 1 is 1.29 bits per heavy atom. The Morgan fingerprint density at radius 3 is 2.67 bits per heavy atom. The van der Waals surface area contributed by atoms with Crippen molar-refractivity contribution in [3.63, 3.8) is 0 Å². The van der Waals surface area contributed by atoms with Crippen LogP contribution in [0.2, 0.25) is 0 Å². The number of carbonyl (C=O) groups is 3. The minimum absolute atomic E-state index is 0.115. The molecule has 8 nitrogen and oxygen atoms in total. The summed E-state index contributed by atoms with van der Waals surface area (Å²) < 4.78 is 10.6. The van der Waals surface area contributed by atoms with Gasteiger partial charge in [0, 0.05) is 0 Å². The zero-order valence-corrected chi connectivity index (χ0v) is 13.4. The van der Waals surface area contributed by atoms with Gasteiger partial charge in [-0.15, -0.1) is 0 Å². The Hall–Kier alpha value is -3.03. The number of ether oxygens (including phenoxy) is 2. The van der Waals surface area contributed by atoms with Crippen LogP contribution in [-0.4, -0.2) is 37.2 Å². The van der Waals surface area contributed by atoms with Gasteiger partial charge in [-0.3, -0.25) is 4.79 Å². The smallest absolute Gasteiger partial charge is 0.338 e. The number of nitrogens with one attached hydrogen (secondary N) is 2. The first-order valence-electron chi connectivity index (χ1n) is 7.43. The Bertz CT molecular complexity index is 699. The van der Waals surface area contributed by atoms with Crippen LogP contribution in [-0.2, 0) is 9.53 Å². The van der Waals surface area contributed by atoms with E-state index in [0.29, 0.717) is 0 Å². The molecule has 2 rings (SSSR count). The first-order valence-corrected chi connectivity index (χ1v) is 7.43. The second-order valence-corrected chi connectivity index (χ2v) is 5.08. The van der Waals surface area contributed by atoms with E-state index in [1.54, 1.807) is 32.0 Å². The molecule has 0 aliphatic carbocycles. The average Bonchev–Trinajstić information content (AvgIpc) is 2.52. The third-order valence-corrected chi connectivity index (χ3v) is 3.39. The van der Waals surface area contributed by atoms with E-state index >= 15 is 0 Å². The molecular weight excluding hydrogens is 314 g/mol. The predicted molar refractivity (Wildman–Crippen MR) is 85.2 cm³/mol. The summed E-state index contributed by atoms with van der Waals surface area (Å²) in [6.07, 6.45) is 0. The van der Waals surface area contributed by atoms with Gasteiger partial charge in [0.2, 0.25) is 0 Å². The van der Waals surface area contributed by atoms with Crippen molar-refractivity contribution in [2.24, 2.45) is 5.73 Å². The van der Waals surface area contributed by atoms with Gasteiger partial charge in [-0.1, -0.05) is 12.1 Å². The third kappa shape index (κ3) is 3.83. The van der Waals surface area contributed by atoms with Gasteiger partial charge in [0.15, 0.2) is 0 Å². The van der Waals surface area contributed by atoms with Crippen molar-refractivity contribution in [2.45, 2.75) is 19.9 Å². The number of rotatable bonds is 6. The molecule has 1 unspecified atom stereocenters. The van der Waals surface area contributed by atoms with Crippen LogP contribution in [0.4, 0.5) is 4.79 Å². The molecule has 0 saturated carbocycles. The zero-order chi connectivity index (χ0) is 17.7. The number of hydrogen-bond acceptors (Lipinski definition) is 5. The van der Waals surface area contributed by atoms with E-state index in [9.17, 15) is 14.4 Å². The summed E-state index contributed by atoms with van der Waals surface area (Å²) in [6, 6.07) is 5.48. The van der Waals surface area contributed by atoms with Crippen molar-refractivity contribution in [3.05, 3.63) is 41.1 Å². The third-order valence-electron chi connectivity index (χ3n) is 3.39. The summed E-state index contributed by atoms with van der Waals surface area (Å²) in [5, 5.41) is 5.13. The van der Waals surface area contributed by atoms with Crippen molar-refractivity contribution in [1.82, 2.24) is 10.6 Å². The largest absolute Gasteiger partial charge is 0.487 e. The molecule has 1 aromatic rings. The quantitative estimate of drug-likeness (QED) is 0.661. The molecule has 1 aromatic carbocycles. The van der Waals surface area contributed by atoms with E-state index in [1.165, 1.54) is 6.07 Å². The van der Waals surface area contributed by atoms with Crippen LogP contribution >= 0.6 is 0 Å². The van der Waals surface area contributed by atoms with Crippen LogP contribution in [0.5, 0.6) is 5.75 Å². The van der Waals surface area contributed by atoms with Crippen molar-refractivity contribution >= 4 is 17.9 Å². The fourth-order valence-corrected chi connectivity index (χ4v) is 2.34. The Kier molecular flexibility index (Phi) is 5.41. The monoisotopic (exact) mass is 333 g/mol. The van der Waals surface area contributed by atoms with Crippen LogP contribution in [0.15, 0.2) is 35.5 Å². The van der Waals surface area contributed by atoms with Crippen molar-refractivity contribution in [3.8, 4) is 5.75 Å². The van der Waals surface area contributed by atoms with Gasteiger partial charge < -0.3 is 25.8 Å². The number of benzene rings is 1. The topological polar surface area (TPSA) is 120 Å². The Morgan fingerprint density at radius 2 is 2.00 bits per heavy atom. The van der Waals surface area contributed by atoms with Gasteiger partial charge in [-0.25, -0.2) is 9.59 Å². The van der Waals surface area contributed by atoms with Gasteiger partial charge in [0.25, 0.3) is 5.91 Å². The number of hydrogen-bond donors (Lipinski definition) is 3. The molecule has 24 heavy (non-hydrogen) atoms. The molecule has 1 atom stereocenters. The summed E-state index contributed by atoms with van der Waals surface area (Å²) in [4.78, 5) is 35.2. The van der Waals surface area contributed by atoms with Gasteiger partial charge in [0.05, 0.1) is 29.5 Å². The lowest BCUT2D eigenvalue weighted by Gasteiger charge is -2.26. The van der Waals surface area contributed by atoms with Crippen molar-refractivity contribution < 1.29 is 23.9 Å². The average molecular weight is 333 g/mol. The van der Waals surface area contributed by atoms with Crippen molar-refractivity contribution in [1.29, 1.82) is 0 Å². The van der Waals surface area contributed by atoms with Gasteiger partial charge in [-0.05, 0) is 26.0 Å². The fourth-order valence-electron chi connectivity index (χ4n) is 2.34. The molecule has 128 valence electrons. The maximum absolute atomic E-state index is 12.1. The molecular formula is C16H19N3O5. The summed E-state index contributed by atoms with van der Waals surface area (Å²) in [7, 11) is 0. The molecule has 4 N–H and O–H groups in total. The number of nitrogens with two attached hydrogens (primary N) is 1. The lowest BCUT2D eigenvalue weighted by atomic mass is 10.0. The zero-order valence-electron chi connectivity index (χ0n) is 13.4. The molecule has 1 aliphatic rings. The van der Waals surface area contributed by atoms with E-state index in [1.807, 2.05) is 0 Å². The fraction of sp³-hybridized carbons (Fsp3) is 0.312. The van der Waals surface area contributed by atoms with Crippen molar-refractivity contribution in [2.75, 3.05) is 13.2 Å². The highest BCUT2D eigenvalue weighted by atomic mass is 16.5. The summed E-state index contributed by atoms with van der Waals surface area (Å²) in [5.41, 5.74) is 6.06. The van der Waals surface area contributed by atoms with Crippen LogP contribution < -0.4 is 21.1 Å². The van der Waals surface area contributed by atoms with Crippen LogP contribution in [0.3, 0.4) is 0 Å². The molecule has 1 aliphatic heterocycles. The minimum Gasteiger partial charge on any atom is -0.487 e. The molecule has 1 heterocycles. The molecule has 8 heteroatoms. The van der Waals surface area contributed by atoms with Gasteiger partial charge in [-0.2, -0.15) is 0 Å². The second kappa shape index (κ2) is 7.49. The molecule has 0 saturated heterocycles. The van der Waals surface area contributed by atoms with Gasteiger partial charge in [0.1, 0.15) is 12.4 Å². The molecule has 3 amide bonds. The van der Waals surface area contributed by atoms with E-state index in [2.05, 4.69) is 10.6 Å². The molecule has 0 aromatic heterocycles. The van der Waals surface area contributed by atoms with E-state index < -0.39 is 23.9 Å². The highest BCUT2D eigenvalue weighted by Gasteiger charge is 2.30. The molecule has 0 radical (unpaired) electrons. The number of primary amides is 1. The summed E-state index contributed by atoms with van der Waals surface area (Å²) in [5.74, 6) is -0.909. The van der Waals surface area contributed by atoms with Gasteiger partial charge >= 0.3 is 12.0 Å². The number of esters is 1. The molecule has 0 bridgehead atoms. The maximum Gasteiger partial charge on any atom is 0.338 e. The highest BCUT2D eigenvalue weighted by molar-refractivity contribution is 5.96. The Balaban J connectivity index is 2.27. The number of amides is 3. The summed E-state index contributed by atoms with van der Waals surface area (Å²) >= 11 is 0. The molecule has 0 fully saturated rings. The summed E-state index contributed by atoms with van der Waals surface area (Å²) in [6.45, 7) is 3.46.